The summed E-state index contributed by atoms with van der Waals surface area (Å²) >= 11 is 0. The van der Waals surface area contributed by atoms with Gasteiger partial charge in [0.15, 0.2) is 0 Å². The van der Waals surface area contributed by atoms with E-state index in [0.29, 0.717) is 30.8 Å². The van der Waals surface area contributed by atoms with Crippen molar-refractivity contribution in [2.75, 3.05) is 23.8 Å². The number of anilines is 2. The Balaban J connectivity index is 1.39. The molecule has 1 fully saturated rings. The Bertz CT molecular complexity index is 797. The smallest absolute Gasteiger partial charge is 0.319 e. The van der Waals surface area contributed by atoms with E-state index in [1.165, 1.54) is 5.56 Å². The van der Waals surface area contributed by atoms with Gasteiger partial charge in [-0.1, -0.05) is 31.2 Å². The van der Waals surface area contributed by atoms with Crippen molar-refractivity contribution in [3.63, 3.8) is 0 Å². The monoisotopic (exact) mass is 395 g/mol. The first kappa shape index (κ1) is 20.9. The van der Waals surface area contributed by atoms with Crippen LogP contribution in [-0.4, -0.2) is 31.2 Å². The lowest BCUT2D eigenvalue weighted by Crippen LogP contribution is -2.35. The molecule has 0 radical (unpaired) electrons. The van der Waals surface area contributed by atoms with Gasteiger partial charge in [0.1, 0.15) is 0 Å². The average molecular weight is 396 g/mol. The molecule has 1 unspecified atom stereocenters. The molecule has 0 aromatic heterocycles. The molecule has 154 valence electrons. The van der Waals surface area contributed by atoms with Crippen LogP contribution in [0.3, 0.4) is 0 Å². The molecule has 6 nitrogen and oxygen atoms in total. The molecule has 2 aromatic carbocycles. The summed E-state index contributed by atoms with van der Waals surface area (Å²) in [5.41, 5.74) is 3.84. The summed E-state index contributed by atoms with van der Waals surface area (Å²) in [6.07, 6.45) is 4.30. The van der Waals surface area contributed by atoms with Crippen molar-refractivity contribution in [2.45, 2.75) is 45.1 Å². The van der Waals surface area contributed by atoms with Crippen molar-refractivity contribution in [1.29, 1.82) is 0 Å². The molecular weight excluding hydrogens is 366 g/mol. The molecule has 1 saturated heterocycles. The van der Waals surface area contributed by atoms with Gasteiger partial charge in [0.05, 0.1) is 6.10 Å². The Morgan fingerprint density at radius 1 is 0.966 bits per heavy atom. The third-order valence-electron chi connectivity index (χ3n) is 5.01. The molecular formula is C23H29N3O3. The number of hydrogen-bond donors (Lipinski definition) is 3. The molecule has 0 bridgehead atoms. The zero-order chi connectivity index (χ0) is 20.5. The maximum atomic E-state index is 12.2. The minimum atomic E-state index is -0.258. The molecule has 2 aromatic rings. The number of carbonyl (C=O) groups excluding carboxylic acids is 2. The van der Waals surface area contributed by atoms with Gasteiger partial charge in [0.25, 0.3) is 0 Å². The highest BCUT2D eigenvalue weighted by Gasteiger charge is 2.16. The van der Waals surface area contributed by atoms with Crippen molar-refractivity contribution in [2.24, 2.45) is 0 Å². The second kappa shape index (κ2) is 10.6. The van der Waals surface area contributed by atoms with E-state index in [1.54, 1.807) is 24.3 Å². The van der Waals surface area contributed by atoms with Crippen molar-refractivity contribution < 1.29 is 14.3 Å². The highest BCUT2D eigenvalue weighted by Crippen LogP contribution is 2.15. The number of nitrogens with one attached hydrogen (secondary N) is 3. The summed E-state index contributed by atoms with van der Waals surface area (Å²) in [6, 6.07) is 15.2. The van der Waals surface area contributed by atoms with Gasteiger partial charge in [-0.3, -0.25) is 4.79 Å². The first-order valence-electron chi connectivity index (χ1n) is 10.3. The lowest BCUT2D eigenvalue weighted by atomic mass is 10.1. The molecule has 3 amide bonds. The normalized spacial score (nSPS) is 15.7. The third kappa shape index (κ3) is 6.91. The van der Waals surface area contributed by atoms with Gasteiger partial charge in [-0.05, 0) is 61.1 Å². The quantitative estimate of drug-likeness (QED) is 0.629. The van der Waals surface area contributed by atoms with Gasteiger partial charge >= 0.3 is 6.03 Å². The van der Waals surface area contributed by atoms with Crippen LogP contribution in [-0.2, 0) is 22.4 Å². The first-order valence-corrected chi connectivity index (χ1v) is 10.3. The summed E-state index contributed by atoms with van der Waals surface area (Å²) < 4.78 is 5.48. The Morgan fingerprint density at radius 2 is 1.62 bits per heavy atom. The van der Waals surface area contributed by atoms with E-state index in [1.807, 2.05) is 0 Å². The zero-order valence-corrected chi connectivity index (χ0v) is 16.9. The minimum Gasteiger partial charge on any atom is -0.376 e. The summed E-state index contributed by atoms with van der Waals surface area (Å²) in [4.78, 5) is 24.1. The Kier molecular flexibility index (Phi) is 7.64. The van der Waals surface area contributed by atoms with E-state index in [4.69, 9.17) is 4.74 Å². The molecule has 1 heterocycles. The molecule has 1 aliphatic rings. The van der Waals surface area contributed by atoms with Gasteiger partial charge in [0, 0.05) is 30.9 Å². The molecule has 29 heavy (non-hydrogen) atoms. The number of aryl methyl sites for hydroxylation is 2. The minimum absolute atomic E-state index is 0.0282. The number of rotatable bonds is 8. The van der Waals surface area contributed by atoms with E-state index in [0.717, 1.165) is 31.4 Å². The largest absolute Gasteiger partial charge is 0.376 e. The SMILES string of the molecule is CCc1ccc(CCC(=O)Nc2ccc(NC(=O)NCC3CCCO3)cc2)cc1. The predicted molar refractivity (Wildman–Crippen MR) is 115 cm³/mol. The van der Waals surface area contributed by atoms with E-state index >= 15 is 0 Å². The number of amides is 3. The molecule has 0 aliphatic carbocycles. The van der Waals surface area contributed by atoms with Crippen LogP contribution < -0.4 is 16.0 Å². The van der Waals surface area contributed by atoms with E-state index in [-0.39, 0.29) is 18.0 Å². The van der Waals surface area contributed by atoms with Crippen molar-refractivity contribution in [3.05, 3.63) is 59.7 Å². The van der Waals surface area contributed by atoms with Crippen LogP contribution in [0.15, 0.2) is 48.5 Å². The lowest BCUT2D eigenvalue weighted by molar-refractivity contribution is -0.116. The molecule has 6 heteroatoms. The fourth-order valence-electron chi connectivity index (χ4n) is 3.25. The maximum Gasteiger partial charge on any atom is 0.319 e. The van der Waals surface area contributed by atoms with E-state index < -0.39 is 0 Å². The van der Waals surface area contributed by atoms with Crippen LogP contribution >= 0.6 is 0 Å². The molecule has 0 spiro atoms. The lowest BCUT2D eigenvalue weighted by Gasteiger charge is -2.12. The number of carbonyl (C=O) groups is 2. The molecule has 3 rings (SSSR count). The summed E-state index contributed by atoms with van der Waals surface area (Å²) in [6.45, 7) is 3.41. The Hall–Kier alpha value is -2.86. The average Bonchev–Trinajstić information content (AvgIpc) is 3.26. The van der Waals surface area contributed by atoms with Crippen LogP contribution in [0.2, 0.25) is 0 Å². The van der Waals surface area contributed by atoms with Crippen LogP contribution in [0, 0.1) is 0 Å². The van der Waals surface area contributed by atoms with Crippen molar-refractivity contribution >= 4 is 23.3 Å². The summed E-state index contributed by atoms with van der Waals surface area (Å²) in [5, 5.41) is 8.49. The highest BCUT2D eigenvalue weighted by molar-refractivity contribution is 5.92. The van der Waals surface area contributed by atoms with Crippen molar-refractivity contribution in [3.8, 4) is 0 Å². The predicted octanol–water partition coefficient (Wildman–Crippen LogP) is 4.12. The van der Waals surface area contributed by atoms with Gasteiger partial charge in [0.2, 0.25) is 5.91 Å². The van der Waals surface area contributed by atoms with Crippen LogP contribution in [0.25, 0.3) is 0 Å². The maximum absolute atomic E-state index is 12.2. The fraction of sp³-hybridized carbons (Fsp3) is 0.391. The number of urea groups is 1. The fourth-order valence-corrected chi connectivity index (χ4v) is 3.25. The second-order valence-electron chi connectivity index (χ2n) is 7.27. The molecule has 3 N–H and O–H groups in total. The summed E-state index contributed by atoms with van der Waals surface area (Å²) in [5.74, 6) is -0.0282. The third-order valence-corrected chi connectivity index (χ3v) is 5.01. The van der Waals surface area contributed by atoms with E-state index in [2.05, 4.69) is 47.1 Å². The van der Waals surface area contributed by atoms with Gasteiger partial charge < -0.3 is 20.7 Å². The Labute approximate surface area is 172 Å². The second-order valence-corrected chi connectivity index (χ2v) is 7.27. The number of benzene rings is 2. The Morgan fingerprint density at radius 3 is 2.24 bits per heavy atom. The van der Waals surface area contributed by atoms with Crippen molar-refractivity contribution in [1.82, 2.24) is 5.32 Å². The van der Waals surface area contributed by atoms with Crippen LogP contribution in [0.5, 0.6) is 0 Å². The molecule has 0 saturated carbocycles. The molecule has 1 aliphatic heterocycles. The number of ether oxygens (including phenoxy) is 1. The van der Waals surface area contributed by atoms with E-state index in [9.17, 15) is 9.59 Å². The van der Waals surface area contributed by atoms with Gasteiger partial charge in [-0.15, -0.1) is 0 Å². The number of hydrogen-bond acceptors (Lipinski definition) is 3. The topological polar surface area (TPSA) is 79.5 Å². The molecule has 1 atom stereocenters. The van der Waals surface area contributed by atoms with Gasteiger partial charge in [-0.2, -0.15) is 0 Å². The first-order chi connectivity index (χ1) is 14.1. The van der Waals surface area contributed by atoms with Gasteiger partial charge in [-0.25, -0.2) is 4.79 Å². The summed E-state index contributed by atoms with van der Waals surface area (Å²) in [7, 11) is 0. The zero-order valence-electron chi connectivity index (χ0n) is 16.9. The van der Waals surface area contributed by atoms with Crippen LogP contribution in [0.1, 0.15) is 37.3 Å². The highest BCUT2D eigenvalue weighted by atomic mass is 16.5. The standard InChI is InChI=1S/C23H29N3O3/c1-2-17-5-7-18(8-6-17)9-14-22(27)25-19-10-12-20(13-11-19)26-23(28)24-16-21-4-3-15-29-21/h5-8,10-13,21H,2-4,9,14-16H2,1H3,(H,25,27)(H2,24,26,28). The van der Waals surface area contributed by atoms with Crippen LogP contribution in [0.4, 0.5) is 16.2 Å².